The zero-order valence-corrected chi connectivity index (χ0v) is 18.1. The van der Waals surface area contributed by atoms with Gasteiger partial charge in [0.2, 0.25) is 0 Å². The first-order chi connectivity index (χ1) is 14.2. The summed E-state index contributed by atoms with van der Waals surface area (Å²) in [4.78, 5) is 26.9. The number of carbonyl (C=O) groups is 2. The third-order valence-electron chi connectivity index (χ3n) is 7.37. The highest BCUT2D eigenvalue weighted by molar-refractivity contribution is 5.98. The molecule has 1 heterocycles. The number of aliphatic carboxylic acids is 1. The molecule has 0 aromatic heterocycles. The van der Waals surface area contributed by atoms with Gasteiger partial charge in [-0.15, -0.1) is 0 Å². The number of carbonyl (C=O) groups excluding carboxylic acids is 1. The smallest absolute Gasteiger partial charge is 0.311 e. The summed E-state index contributed by atoms with van der Waals surface area (Å²) in [5, 5.41) is 10.2. The van der Waals surface area contributed by atoms with Gasteiger partial charge in [-0.1, -0.05) is 76.1 Å². The first-order valence-electron chi connectivity index (χ1n) is 10.9. The van der Waals surface area contributed by atoms with Gasteiger partial charge in [0.25, 0.3) is 5.91 Å². The number of amides is 1. The van der Waals surface area contributed by atoms with Crippen molar-refractivity contribution in [1.82, 2.24) is 4.90 Å². The summed E-state index contributed by atoms with van der Waals surface area (Å²) in [6.45, 7) is 7.70. The second-order valence-electron chi connectivity index (χ2n) is 9.94. The molecule has 4 nitrogen and oxygen atoms in total. The predicted octanol–water partition coefficient (Wildman–Crippen LogP) is 5.62. The van der Waals surface area contributed by atoms with Crippen LogP contribution in [0.15, 0.2) is 48.5 Å². The number of hydrogen-bond donors (Lipinski definition) is 1. The maximum absolute atomic E-state index is 12.6. The Kier molecular flexibility index (Phi) is 5.21. The van der Waals surface area contributed by atoms with Crippen LogP contribution in [-0.2, 0) is 17.9 Å². The quantitative estimate of drug-likeness (QED) is 0.703. The molecular formula is C26H31NO3. The minimum atomic E-state index is -0.732. The van der Waals surface area contributed by atoms with Crippen molar-refractivity contribution in [3.8, 4) is 0 Å². The standard InChI is InChI=1S/C26H31NO3/c1-25(2,3)26(14-6-7-15-26)22(24(29)30)19-12-10-18(11-13-19)16-27-17-20-8-4-5-9-21(20)23(27)28/h4-5,8-13,22H,6-7,14-17H2,1-3H3,(H,29,30)/t22-/m1/s1. The van der Waals surface area contributed by atoms with Crippen LogP contribution in [0.3, 0.4) is 0 Å². The van der Waals surface area contributed by atoms with Crippen LogP contribution in [0.25, 0.3) is 0 Å². The van der Waals surface area contributed by atoms with E-state index in [1.54, 1.807) is 0 Å². The Bertz CT molecular complexity index is 949. The molecule has 0 spiro atoms. The van der Waals surface area contributed by atoms with Crippen molar-refractivity contribution in [1.29, 1.82) is 0 Å². The Morgan fingerprint density at radius 1 is 1.07 bits per heavy atom. The van der Waals surface area contributed by atoms with Gasteiger partial charge in [0.15, 0.2) is 0 Å². The molecule has 2 aromatic rings. The summed E-state index contributed by atoms with van der Waals surface area (Å²) in [7, 11) is 0. The molecule has 1 saturated carbocycles. The maximum atomic E-state index is 12.6. The zero-order valence-electron chi connectivity index (χ0n) is 18.1. The number of carboxylic acid groups (broad SMARTS) is 1. The Morgan fingerprint density at radius 3 is 2.27 bits per heavy atom. The Morgan fingerprint density at radius 2 is 1.70 bits per heavy atom. The molecule has 1 fully saturated rings. The topological polar surface area (TPSA) is 57.6 Å². The highest BCUT2D eigenvalue weighted by atomic mass is 16.4. The van der Waals surface area contributed by atoms with Gasteiger partial charge in [-0.2, -0.15) is 0 Å². The monoisotopic (exact) mass is 405 g/mol. The van der Waals surface area contributed by atoms with E-state index in [-0.39, 0.29) is 16.7 Å². The first kappa shape index (κ1) is 20.6. The predicted molar refractivity (Wildman–Crippen MR) is 117 cm³/mol. The molecular weight excluding hydrogens is 374 g/mol. The number of fused-ring (bicyclic) bond motifs is 1. The van der Waals surface area contributed by atoms with E-state index in [9.17, 15) is 14.7 Å². The fourth-order valence-corrected chi connectivity index (χ4v) is 5.65. The molecule has 4 rings (SSSR count). The molecule has 0 unspecified atom stereocenters. The summed E-state index contributed by atoms with van der Waals surface area (Å²) in [5.41, 5.74) is 3.44. The van der Waals surface area contributed by atoms with Crippen molar-refractivity contribution in [2.24, 2.45) is 10.8 Å². The molecule has 158 valence electrons. The molecule has 1 aliphatic heterocycles. The average molecular weight is 406 g/mol. The van der Waals surface area contributed by atoms with E-state index in [0.717, 1.165) is 47.9 Å². The van der Waals surface area contributed by atoms with Gasteiger partial charge in [0.1, 0.15) is 0 Å². The van der Waals surface area contributed by atoms with Crippen LogP contribution in [0.5, 0.6) is 0 Å². The van der Waals surface area contributed by atoms with Crippen molar-refractivity contribution < 1.29 is 14.7 Å². The van der Waals surface area contributed by atoms with Gasteiger partial charge in [-0.25, -0.2) is 0 Å². The van der Waals surface area contributed by atoms with E-state index in [1.165, 1.54) is 0 Å². The minimum absolute atomic E-state index is 0.0655. The van der Waals surface area contributed by atoms with Crippen LogP contribution >= 0.6 is 0 Å². The molecule has 4 heteroatoms. The average Bonchev–Trinajstić information content (AvgIpc) is 3.30. The van der Waals surface area contributed by atoms with Crippen LogP contribution in [0.1, 0.15) is 79.4 Å². The lowest BCUT2D eigenvalue weighted by Gasteiger charge is -2.46. The first-order valence-corrected chi connectivity index (χ1v) is 10.9. The fourth-order valence-electron chi connectivity index (χ4n) is 5.65. The van der Waals surface area contributed by atoms with Gasteiger partial charge >= 0.3 is 5.97 Å². The summed E-state index contributed by atoms with van der Waals surface area (Å²) in [6.07, 6.45) is 4.10. The van der Waals surface area contributed by atoms with E-state index in [2.05, 4.69) is 20.8 Å². The van der Waals surface area contributed by atoms with Gasteiger partial charge in [0, 0.05) is 18.7 Å². The van der Waals surface area contributed by atoms with E-state index >= 15 is 0 Å². The van der Waals surface area contributed by atoms with Crippen LogP contribution in [0.2, 0.25) is 0 Å². The third-order valence-corrected chi connectivity index (χ3v) is 7.37. The van der Waals surface area contributed by atoms with E-state index in [4.69, 9.17) is 0 Å². The minimum Gasteiger partial charge on any atom is -0.481 e. The van der Waals surface area contributed by atoms with Crippen LogP contribution in [0, 0.1) is 10.8 Å². The molecule has 0 radical (unpaired) electrons. The lowest BCUT2D eigenvalue weighted by Crippen LogP contribution is -2.42. The van der Waals surface area contributed by atoms with E-state index in [0.29, 0.717) is 13.1 Å². The molecule has 0 bridgehead atoms. The maximum Gasteiger partial charge on any atom is 0.311 e. The van der Waals surface area contributed by atoms with Gasteiger partial charge < -0.3 is 10.0 Å². The van der Waals surface area contributed by atoms with Gasteiger partial charge in [-0.3, -0.25) is 9.59 Å². The Hall–Kier alpha value is -2.62. The zero-order chi connectivity index (χ0) is 21.5. The highest BCUT2D eigenvalue weighted by Crippen LogP contribution is 2.59. The number of carboxylic acids is 1. The molecule has 1 aliphatic carbocycles. The molecule has 0 saturated heterocycles. The summed E-state index contributed by atoms with van der Waals surface area (Å²) in [5.74, 6) is -1.17. The number of nitrogens with zero attached hydrogens (tertiary/aromatic N) is 1. The third kappa shape index (κ3) is 3.42. The summed E-state index contributed by atoms with van der Waals surface area (Å²) < 4.78 is 0. The SMILES string of the molecule is CC(C)(C)C1([C@@H](C(=O)O)c2ccc(CN3Cc4ccccc4C3=O)cc2)CCCC1. The molecule has 1 N–H and O–H groups in total. The molecule has 30 heavy (non-hydrogen) atoms. The van der Waals surface area contributed by atoms with E-state index in [1.807, 2.05) is 53.4 Å². The van der Waals surface area contributed by atoms with Crippen molar-refractivity contribution in [3.05, 3.63) is 70.8 Å². The fraction of sp³-hybridized carbons (Fsp3) is 0.462. The van der Waals surface area contributed by atoms with Crippen LogP contribution < -0.4 is 0 Å². The molecule has 1 amide bonds. The molecule has 1 atom stereocenters. The van der Waals surface area contributed by atoms with Crippen molar-refractivity contribution in [2.45, 2.75) is 65.5 Å². The number of benzene rings is 2. The van der Waals surface area contributed by atoms with Crippen LogP contribution in [0.4, 0.5) is 0 Å². The lowest BCUT2D eigenvalue weighted by molar-refractivity contribution is -0.145. The summed E-state index contributed by atoms with van der Waals surface area (Å²) >= 11 is 0. The lowest BCUT2D eigenvalue weighted by atomic mass is 9.57. The summed E-state index contributed by atoms with van der Waals surface area (Å²) in [6, 6.07) is 15.7. The molecule has 2 aliphatic rings. The molecule has 2 aromatic carbocycles. The van der Waals surface area contributed by atoms with Gasteiger partial charge in [-0.05, 0) is 46.4 Å². The Labute approximate surface area is 178 Å². The Balaban J connectivity index is 1.57. The van der Waals surface area contributed by atoms with Crippen molar-refractivity contribution in [3.63, 3.8) is 0 Å². The van der Waals surface area contributed by atoms with Crippen molar-refractivity contribution >= 4 is 11.9 Å². The van der Waals surface area contributed by atoms with Crippen LogP contribution in [-0.4, -0.2) is 21.9 Å². The number of rotatable bonds is 5. The second kappa shape index (κ2) is 7.57. The largest absolute Gasteiger partial charge is 0.481 e. The number of hydrogen-bond acceptors (Lipinski definition) is 2. The highest BCUT2D eigenvalue weighted by Gasteiger charge is 2.52. The van der Waals surface area contributed by atoms with Crippen molar-refractivity contribution in [2.75, 3.05) is 0 Å². The van der Waals surface area contributed by atoms with E-state index < -0.39 is 11.9 Å². The normalized spacial score (nSPS) is 19.0. The second-order valence-corrected chi connectivity index (χ2v) is 9.94. The van der Waals surface area contributed by atoms with Gasteiger partial charge in [0.05, 0.1) is 5.92 Å².